The molecule has 0 unspecified atom stereocenters. The van der Waals surface area contributed by atoms with Crippen molar-refractivity contribution in [3.8, 4) is 5.69 Å². The van der Waals surface area contributed by atoms with Crippen LogP contribution in [-0.4, -0.2) is 56.4 Å². The third-order valence-electron chi connectivity index (χ3n) is 6.70. The molecule has 0 amide bonds. The molecule has 5 rings (SSSR count). The number of hydrogen-bond donors (Lipinski definition) is 0. The summed E-state index contributed by atoms with van der Waals surface area (Å²) in [4.78, 5) is 14.4. The summed E-state index contributed by atoms with van der Waals surface area (Å²) in [7, 11) is 0. The van der Waals surface area contributed by atoms with Gasteiger partial charge < -0.3 is 4.90 Å². The Morgan fingerprint density at radius 1 is 1.00 bits per heavy atom. The van der Waals surface area contributed by atoms with Crippen LogP contribution < -0.4 is 4.90 Å². The largest absolute Gasteiger partial charge is 0.353 e. The third kappa shape index (κ3) is 3.50. The molecule has 0 N–H and O–H groups in total. The van der Waals surface area contributed by atoms with Crippen molar-refractivity contribution in [3.63, 3.8) is 0 Å². The van der Waals surface area contributed by atoms with E-state index in [-0.39, 0.29) is 0 Å². The van der Waals surface area contributed by atoms with E-state index in [1.807, 2.05) is 29.1 Å². The van der Waals surface area contributed by atoms with Gasteiger partial charge in [-0.1, -0.05) is 38.0 Å². The third-order valence-corrected chi connectivity index (χ3v) is 6.70. The number of para-hydroxylation sites is 1. The second-order valence-electron chi connectivity index (χ2n) is 8.78. The number of fused-ring (bicyclic) bond motifs is 1. The molecule has 6 heteroatoms. The van der Waals surface area contributed by atoms with Crippen molar-refractivity contribution in [1.82, 2.24) is 24.6 Å². The average Bonchev–Trinajstić information content (AvgIpc) is 3.18. The molecule has 3 aromatic rings. The minimum Gasteiger partial charge on any atom is -0.353 e. The maximum Gasteiger partial charge on any atom is 0.168 e. The lowest BCUT2D eigenvalue weighted by atomic mass is 9.85. The van der Waals surface area contributed by atoms with Crippen molar-refractivity contribution in [3.05, 3.63) is 42.9 Å². The van der Waals surface area contributed by atoms with Crippen LogP contribution in [0.1, 0.15) is 39.5 Å². The van der Waals surface area contributed by atoms with Crippen LogP contribution in [0, 0.1) is 5.92 Å². The van der Waals surface area contributed by atoms with E-state index >= 15 is 0 Å². The van der Waals surface area contributed by atoms with E-state index in [0.717, 1.165) is 54.1 Å². The minimum atomic E-state index is 0.535. The molecule has 3 heterocycles. The first kappa shape index (κ1) is 18.6. The van der Waals surface area contributed by atoms with Crippen LogP contribution in [0.3, 0.4) is 0 Å². The van der Waals surface area contributed by atoms with Crippen molar-refractivity contribution in [2.75, 3.05) is 24.5 Å². The molecule has 6 nitrogen and oxygen atoms in total. The average molecular weight is 391 g/mol. The van der Waals surface area contributed by atoms with Gasteiger partial charge in [-0.05, 0) is 37.8 Å². The number of piperazine rings is 1. The Balaban J connectivity index is 1.39. The maximum atomic E-state index is 4.66. The standard InChI is InChI=1S/C23H30N6/c1-17-7-6-10-20(13-17)28-12-11-27(15-18(28)2)22-21-14-26-29(23(21)25-16-24-22)19-8-4-3-5-9-19/h3-5,8-9,14,16-18,20H,6-7,10-13,15H2,1-2H3/t17-,18-,20-/m1/s1. The van der Waals surface area contributed by atoms with Gasteiger partial charge in [-0.2, -0.15) is 5.10 Å². The highest BCUT2D eigenvalue weighted by Gasteiger charge is 2.32. The molecule has 2 fully saturated rings. The molecule has 1 aliphatic heterocycles. The number of rotatable bonds is 3. The summed E-state index contributed by atoms with van der Waals surface area (Å²) in [5.74, 6) is 1.88. The predicted molar refractivity (Wildman–Crippen MR) is 116 cm³/mol. The zero-order chi connectivity index (χ0) is 19.8. The molecule has 0 radical (unpaired) electrons. The summed E-state index contributed by atoms with van der Waals surface area (Å²) in [6.45, 7) is 7.91. The van der Waals surface area contributed by atoms with Gasteiger partial charge in [0.2, 0.25) is 0 Å². The second-order valence-corrected chi connectivity index (χ2v) is 8.78. The topological polar surface area (TPSA) is 50.1 Å². The highest BCUT2D eigenvalue weighted by molar-refractivity contribution is 5.87. The fraction of sp³-hybridized carbons (Fsp3) is 0.522. The van der Waals surface area contributed by atoms with E-state index in [4.69, 9.17) is 0 Å². The van der Waals surface area contributed by atoms with Gasteiger partial charge in [0.05, 0.1) is 17.3 Å². The van der Waals surface area contributed by atoms with Gasteiger partial charge in [-0.25, -0.2) is 14.6 Å². The van der Waals surface area contributed by atoms with Crippen molar-refractivity contribution in [2.24, 2.45) is 5.92 Å². The van der Waals surface area contributed by atoms with Crippen LogP contribution in [0.25, 0.3) is 16.7 Å². The Kier molecular flexibility index (Phi) is 4.96. The van der Waals surface area contributed by atoms with Crippen molar-refractivity contribution >= 4 is 16.9 Å². The summed E-state index contributed by atoms with van der Waals surface area (Å²) >= 11 is 0. The zero-order valence-corrected chi connectivity index (χ0v) is 17.4. The lowest BCUT2D eigenvalue weighted by Crippen LogP contribution is -2.56. The fourth-order valence-corrected chi connectivity index (χ4v) is 5.25. The van der Waals surface area contributed by atoms with Crippen LogP contribution in [0.2, 0.25) is 0 Å². The number of anilines is 1. The molecule has 1 aromatic carbocycles. The predicted octanol–water partition coefficient (Wildman–Crippen LogP) is 3.90. The molecular formula is C23H30N6. The zero-order valence-electron chi connectivity index (χ0n) is 17.4. The molecule has 3 atom stereocenters. The Bertz CT molecular complexity index is 968. The van der Waals surface area contributed by atoms with E-state index in [0.29, 0.717) is 6.04 Å². The smallest absolute Gasteiger partial charge is 0.168 e. The van der Waals surface area contributed by atoms with Gasteiger partial charge in [-0.3, -0.25) is 4.90 Å². The summed E-state index contributed by atoms with van der Waals surface area (Å²) < 4.78 is 1.91. The SMILES string of the molecule is C[C@@H]1CCC[C@@H](N2CCN(c3ncnc4c3cnn4-c3ccccc3)C[C@H]2C)C1. The molecular weight excluding hydrogens is 360 g/mol. The lowest BCUT2D eigenvalue weighted by molar-refractivity contribution is 0.0862. The van der Waals surface area contributed by atoms with E-state index < -0.39 is 0 Å². The fourth-order valence-electron chi connectivity index (χ4n) is 5.25. The van der Waals surface area contributed by atoms with Gasteiger partial charge >= 0.3 is 0 Å². The van der Waals surface area contributed by atoms with Gasteiger partial charge in [0.25, 0.3) is 0 Å². The van der Waals surface area contributed by atoms with Gasteiger partial charge in [-0.15, -0.1) is 0 Å². The van der Waals surface area contributed by atoms with Crippen LogP contribution in [0.15, 0.2) is 42.9 Å². The Labute approximate surface area is 172 Å². The van der Waals surface area contributed by atoms with Crippen LogP contribution in [-0.2, 0) is 0 Å². The highest BCUT2D eigenvalue weighted by atomic mass is 15.3. The van der Waals surface area contributed by atoms with Gasteiger partial charge in [0.1, 0.15) is 12.1 Å². The summed E-state index contributed by atoms with van der Waals surface area (Å²) in [5, 5.41) is 5.64. The summed E-state index contributed by atoms with van der Waals surface area (Å²) in [5.41, 5.74) is 1.90. The number of aromatic nitrogens is 4. The quantitative estimate of drug-likeness (QED) is 0.679. The van der Waals surface area contributed by atoms with Gasteiger partial charge in [0.15, 0.2) is 5.65 Å². The Morgan fingerprint density at radius 3 is 2.66 bits per heavy atom. The second kappa shape index (κ2) is 7.75. The number of benzene rings is 1. The van der Waals surface area contributed by atoms with Crippen LogP contribution in [0.4, 0.5) is 5.82 Å². The normalized spacial score (nSPS) is 26.1. The maximum absolute atomic E-state index is 4.66. The molecule has 1 saturated heterocycles. The van der Waals surface area contributed by atoms with E-state index in [1.54, 1.807) is 6.33 Å². The number of hydrogen-bond acceptors (Lipinski definition) is 5. The first-order valence-corrected chi connectivity index (χ1v) is 11.0. The molecule has 29 heavy (non-hydrogen) atoms. The summed E-state index contributed by atoms with van der Waals surface area (Å²) in [6.07, 6.45) is 9.08. The van der Waals surface area contributed by atoms with Crippen LogP contribution >= 0.6 is 0 Å². The Hall–Kier alpha value is -2.47. The van der Waals surface area contributed by atoms with Crippen molar-refractivity contribution in [1.29, 1.82) is 0 Å². The molecule has 1 saturated carbocycles. The van der Waals surface area contributed by atoms with E-state index in [9.17, 15) is 0 Å². The van der Waals surface area contributed by atoms with E-state index in [1.165, 1.54) is 25.7 Å². The monoisotopic (exact) mass is 390 g/mol. The molecule has 2 aliphatic rings. The van der Waals surface area contributed by atoms with Crippen LogP contribution in [0.5, 0.6) is 0 Å². The minimum absolute atomic E-state index is 0.535. The Morgan fingerprint density at radius 2 is 1.86 bits per heavy atom. The van der Waals surface area contributed by atoms with E-state index in [2.05, 4.69) is 50.8 Å². The number of nitrogens with zero attached hydrogens (tertiary/aromatic N) is 6. The molecule has 0 spiro atoms. The first-order chi connectivity index (χ1) is 14.2. The lowest BCUT2D eigenvalue weighted by Gasteiger charge is -2.46. The molecule has 0 bridgehead atoms. The molecule has 1 aliphatic carbocycles. The van der Waals surface area contributed by atoms with Crippen molar-refractivity contribution in [2.45, 2.75) is 51.6 Å². The van der Waals surface area contributed by atoms with Crippen molar-refractivity contribution < 1.29 is 0 Å². The molecule has 2 aromatic heterocycles. The van der Waals surface area contributed by atoms with Gasteiger partial charge in [0, 0.05) is 31.7 Å². The highest BCUT2D eigenvalue weighted by Crippen LogP contribution is 2.31. The molecule has 152 valence electrons. The summed E-state index contributed by atoms with van der Waals surface area (Å²) in [6, 6.07) is 11.5. The first-order valence-electron chi connectivity index (χ1n) is 11.0.